The highest BCUT2D eigenvalue weighted by atomic mass is 16.6. The van der Waals surface area contributed by atoms with Gasteiger partial charge in [0, 0.05) is 13.1 Å². The Morgan fingerprint density at radius 3 is 2.08 bits per heavy atom. The zero-order valence-electron chi connectivity index (χ0n) is 24.8. The second-order valence-electron chi connectivity index (χ2n) is 11.0. The zero-order valence-corrected chi connectivity index (χ0v) is 24.8. The van der Waals surface area contributed by atoms with Gasteiger partial charge in [0.25, 0.3) is 0 Å². The number of unbranched alkanes of at least 4 members (excludes halogenated alkanes) is 5. The fraction of sp³-hybridized carbons (Fsp3) is 0.667. The van der Waals surface area contributed by atoms with E-state index in [1.165, 1.54) is 4.90 Å². The van der Waals surface area contributed by atoms with Crippen LogP contribution in [-0.2, 0) is 25.5 Å². The van der Waals surface area contributed by atoms with E-state index in [4.69, 9.17) is 10.5 Å². The Kier molecular flexibility index (Phi) is 15.2. The molecule has 0 bridgehead atoms. The minimum absolute atomic E-state index is 0.287. The summed E-state index contributed by atoms with van der Waals surface area (Å²) in [7, 11) is 0. The van der Waals surface area contributed by atoms with E-state index >= 15 is 0 Å². The molecule has 1 aromatic rings. The largest absolute Gasteiger partial charge is 0.444 e. The topological polar surface area (TPSA) is 131 Å². The number of carbonyl (C=O) groups is 4. The number of alkyl carbamates (subject to hydrolysis) is 1. The summed E-state index contributed by atoms with van der Waals surface area (Å²) >= 11 is 0. The van der Waals surface area contributed by atoms with Gasteiger partial charge in [0.15, 0.2) is 0 Å². The number of nitrogens with one attached hydrogen (secondary N) is 2. The predicted molar refractivity (Wildman–Crippen MR) is 154 cm³/mol. The number of nitrogens with zero attached hydrogens (tertiary/aromatic N) is 1. The lowest BCUT2D eigenvalue weighted by molar-refractivity contribution is -0.143. The number of rotatable bonds is 17. The lowest BCUT2D eigenvalue weighted by atomic mass is 9.99. The molecule has 0 saturated carbocycles. The van der Waals surface area contributed by atoms with Crippen molar-refractivity contribution in [1.29, 1.82) is 0 Å². The molecule has 0 saturated heterocycles. The summed E-state index contributed by atoms with van der Waals surface area (Å²) in [4.78, 5) is 53.7. The van der Waals surface area contributed by atoms with Gasteiger partial charge in [0.1, 0.15) is 17.7 Å². The average Bonchev–Trinajstić information content (AvgIpc) is 2.86. The van der Waals surface area contributed by atoms with Crippen molar-refractivity contribution in [3.05, 3.63) is 35.4 Å². The highest BCUT2D eigenvalue weighted by molar-refractivity contribution is 5.94. The van der Waals surface area contributed by atoms with Crippen LogP contribution in [0.25, 0.3) is 0 Å². The van der Waals surface area contributed by atoms with E-state index in [1.807, 2.05) is 38.1 Å². The standard InChI is InChI=1S/C30H50N4O5/c1-7-10-12-13-14-20-34(28(37)24(21-25(31)35)33-29(38)39-30(4,5)6)26(27(36)32-19-11-8-2)23-17-15-22(9-3)16-18-23/h15-18,24,26H,7-14,19-21H2,1-6H3,(H2,31,35)(H,32,36)(H,33,38). The van der Waals surface area contributed by atoms with E-state index in [-0.39, 0.29) is 12.5 Å². The number of aryl methyl sites for hydroxylation is 1. The number of nitrogens with two attached hydrogens (primary N) is 1. The molecule has 9 heteroatoms. The van der Waals surface area contributed by atoms with Crippen LogP contribution < -0.4 is 16.4 Å². The van der Waals surface area contributed by atoms with Crippen LogP contribution in [0.1, 0.15) is 110 Å². The monoisotopic (exact) mass is 546 g/mol. The summed E-state index contributed by atoms with van der Waals surface area (Å²) in [6.45, 7) is 12.1. The van der Waals surface area contributed by atoms with Crippen molar-refractivity contribution in [3.63, 3.8) is 0 Å². The molecular formula is C30H50N4O5. The molecule has 2 atom stereocenters. The quantitative estimate of drug-likeness (QED) is 0.242. The molecule has 0 heterocycles. The molecule has 0 aliphatic rings. The van der Waals surface area contributed by atoms with E-state index in [1.54, 1.807) is 20.8 Å². The van der Waals surface area contributed by atoms with Crippen LogP contribution in [0.2, 0.25) is 0 Å². The Morgan fingerprint density at radius 1 is 0.923 bits per heavy atom. The molecule has 0 aliphatic carbocycles. The lowest BCUT2D eigenvalue weighted by Crippen LogP contribution is -2.54. The van der Waals surface area contributed by atoms with Gasteiger partial charge in [-0.25, -0.2) is 4.79 Å². The fourth-order valence-electron chi connectivity index (χ4n) is 4.20. The molecule has 39 heavy (non-hydrogen) atoms. The van der Waals surface area contributed by atoms with Gasteiger partial charge < -0.3 is 26.0 Å². The van der Waals surface area contributed by atoms with E-state index in [2.05, 4.69) is 17.6 Å². The van der Waals surface area contributed by atoms with Crippen LogP contribution in [0, 0.1) is 0 Å². The lowest BCUT2D eigenvalue weighted by Gasteiger charge is -2.34. The molecule has 0 aliphatic heterocycles. The number of hydrogen-bond donors (Lipinski definition) is 3. The summed E-state index contributed by atoms with van der Waals surface area (Å²) in [5.74, 6) is -1.60. The number of amides is 4. The maximum absolute atomic E-state index is 14.0. The first-order chi connectivity index (χ1) is 18.4. The minimum atomic E-state index is -1.27. The number of hydrogen-bond acceptors (Lipinski definition) is 5. The number of benzene rings is 1. The van der Waals surface area contributed by atoms with Crippen molar-refractivity contribution in [1.82, 2.24) is 15.5 Å². The molecule has 0 spiro atoms. The van der Waals surface area contributed by atoms with Crippen molar-refractivity contribution in [3.8, 4) is 0 Å². The van der Waals surface area contributed by atoms with Crippen LogP contribution in [0.15, 0.2) is 24.3 Å². The number of ether oxygens (including phenoxy) is 1. The molecule has 2 unspecified atom stereocenters. The third-order valence-electron chi connectivity index (χ3n) is 6.27. The van der Waals surface area contributed by atoms with Gasteiger partial charge in [-0.2, -0.15) is 0 Å². The predicted octanol–water partition coefficient (Wildman–Crippen LogP) is 4.77. The normalized spacial score (nSPS) is 12.8. The van der Waals surface area contributed by atoms with Crippen LogP contribution >= 0.6 is 0 Å². The van der Waals surface area contributed by atoms with Gasteiger partial charge in [-0.3, -0.25) is 14.4 Å². The fourth-order valence-corrected chi connectivity index (χ4v) is 4.20. The van der Waals surface area contributed by atoms with Gasteiger partial charge in [-0.1, -0.05) is 77.1 Å². The zero-order chi connectivity index (χ0) is 29.4. The smallest absolute Gasteiger partial charge is 0.408 e. The molecular weight excluding hydrogens is 496 g/mol. The van der Waals surface area contributed by atoms with Crippen molar-refractivity contribution >= 4 is 23.8 Å². The molecule has 0 radical (unpaired) electrons. The second kappa shape index (κ2) is 17.5. The summed E-state index contributed by atoms with van der Waals surface area (Å²) < 4.78 is 5.34. The summed E-state index contributed by atoms with van der Waals surface area (Å²) in [6.07, 6.45) is 6.05. The van der Waals surface area contributed by atoms with Gasteiger partial charge in [-0.05, 0) is 51.2 Å². The Hall–Kier alpha value is -3.10. The Morgan fingerprint density at radius 2 is 1.54 bits per heavy atom. The van der Waals surface area contributed by atoms with Crippen molar-refractivity contribution in [2.24, 2.45) is 5.73 Å². The highest BCUT2D eigenvalue weighted by Crippen LogP contribution is 2.25. The van der Waals surface area contributed by atoms with Gasteiger partial charge >= 0.3 is 6.09 Å². The van der Waals surface area contributed by atoms with Crippen LogP contribution in [0.3, 0.4) is 0 Å². The average molecular weight is 547 g/mol. The van der Waals surface area contributed by atoms with Gasteiger partial charge in [-0.15, -0.1) is 0 Å². The maximum Gasteiger partial charge on any atom is 0.408 e. The van der Waals surface area contributed by atoms with E-state index in [0.29, 0.717) is 18.5 Å². The van der Waals surface area contributed by atoms with Crippen LogP contribution in [-0.4, -0.2) is 53.4 Å². The molecule has 1 rings (SSSR count). The van der Waals surface area contributed by atoms with E-state index in [9.17, 15) is 19.2 Å². The second-order valence-corrected chi connectivity index (χ2v) is 11.0. The van der Waals surface area contributed by atoms with Crippen molar-refractivity contribution in [2.75, 3.05) is 13.1 Å². The Bertz CT molecular complexity index is 911. The summed E-state index contributed by atoms with van der Waals surface area (Å²) in [5.41, 5.74) is 6.44. The highest BCUT2D eigenvalue weighted by Gasteiger charge is 2.36. The summed E-state index contributed by atoms with van der Waals surface area (Å²) in [6, 6.07) is 5.43. The van der Waals surface area contributed by atoms with E-state index < -0.39 is 42.0 Å². The van der Waals surface area contributed by atoms with Gasteiger partial charge in [0.05, 0.1) is 6.42 Å². The van der Waals surface area contributed by atoms with Gasteiger partial charge in [0.2, 0.25) is 17.7 Å². The Labute approximate surface area is 234 Å². The van der Waals surface area contributed by atoms with Crippen LogP contribution in [0.4, 0.5) is 4.79 Å². The van der Waals surface area contributed by atoms with Crippen molar-refractivity contribution in [2.45, 2.75) is 117 Å². The molecule has 4 N–H and O–H groups in total. The molecule has 0 aromatic heterocycles. The molecule has 1 aromatic carbocycles. The number of carbonyl (C=O) groups excluding carboxylic acids is 4. The maximum atomic E-state index is 14.0. The molecule has 0 fully saturated rings. The first kappa shape index (κ1) is 33.9. The van der Waals surface area contributed by atoms with E-state index in [0.717, 1.165) is 50.5 Å². The van der Waals surface area contributed by atoms with Crippen molar-refractivity contribution < 1.29 is 23.9 Å². The Balaban J connectivity index is 3.45. The third kappa shape index (κ3) is 13.0. The summed E-state index contributed by atoms with van der Waals surface area (Å²) in [5, 5.41) is 5.50. The SMILES string of the molecule is CCCCCCCN(C(=O)C(CC(N)=O)NC(=O)OC(C)(C)C)C(C(=O)NCCCC)c1ccc(CC)cc1. The first-order valence-corrected chi connectivity index (χ1v) is 14.4. The third-order valence-corrected chi connectivity index (χ3v) is 6.27. The molecule has 4 amide bonds. The molecule has 9 nitrogen and oxygen atoms in total. The number of primary amides is 1. The molecule has 220 valence electrons. The minimum Gasteiger partial charge on any atom is -0.444 e. The first-order valence-electron chi connectivity index (χ1n) is 14.4. The van der Waals surface area contributed by atoms with Crippen LogP contribution in [0.5, 0.6) is 0 Å².